The molecule has 33 heavy (non-hydrogen) atoms. The van der Waals surface area contributed by atoms with Crippen LogP contribution in [0.5, 0.6) is 0 Å². The van der Waals surface area contributed by atoms with Crippen LogP contribution in [0, 0.1) is 0 Å². The first-order valence-corrected chi connectivity index (χ1v) is 13.2. The van der Waals surface area contributed by atoms with E-state index in [4.69, 9.17) is 5.10 Å². The molecule has 3 rings (SSSR count). The molecule has 0 spiro atoms. The third-order valence-electron chi connectivity index (χ3n) is 6.87. The van der Waals surface area contributed by atoms with Gasteiger partial charge in [-0.05, 0) is 43.2 Å². The van der Waals surface area contributed by atoms with Crippen molar-refractivity contribution in [3.63, 3.8) is 0 Å². The smallest absolute Gasteiger partial charge is 0.0953 e. The molecule has 3 heterocycles. The fraction of sp³-hybridized carbons (Fsp3) is 0.667. The van der Waals surface area contributed by atoms with Crippen molar-refractivity contribution in [3.05, 3.63) is 51.5 Å². The number of hydrogen-bond acceptors (Lipinski definition) is 4. The highest BCUT2D eigenvalue weighted by atomic mass is 32.1. The molecule has 0 bridgehead atoms. The third-order valence-corrected chi connectivity index (χ3v) is 8.53. The lowest BCUT2D eigenvalue weighted by atomic mass is 9.80. The van der Waals surface area contributed by atoms with E-state index in [2.05, 4.69) is 108 Å². The van der Waals surface area contributed by atoms with Crippen LogP contribution in [-0.2, 0) is 10.8 Å². The van der Waals surface area contributed by atoms with Crippen LogP contribution in [0.2, 0.25) is 0 Å². The molecule has 0 aliphatic carbocycles. The topological polar surface area (TPSA) is 59.4 Å². The van der Waals surface area contributed by atoms with E-state index >= 15 is 0 Å². The lowest BCUT2D eigenvalue weighted by Crippen LogP contribution is -2.23. The minimum absolute atomic E-state index is 0.0445. The Hall–Kier alpha value is -1.95. The van der Waals surface area contributed by atoms with E-state index in [1.807, 2.05) is 17.5 Å². The average Bonchev–Trinajstić information content (AvgIpc) is 3.47. The molecule has 2 unspecified atom stereocenters. The minimum atomic E-state index is -0.0445. The summed E-state index contributed by atoms with van der Waals surface area (Å²) in [7, 11) is 0. The zero-order chi connectivity index (χ0) is 24.6. The SMILES string of the molecule is CC(C)c1cnn(C(C)CC(C)(C)c2cc(C(C)CC(C)(C)c3cnc(C(C)C)s3)[nH]n2)c1. The fourth-order valence-electron chi connectivity index (χ4n) is 4.61. The summed E-state index contributed by atoms with van der Waals surface area (Å²) in [5.74, 6) is 1.37. The minimum Gasteiger partial charge on any atom is -0.282 e. The Morgan fingerprint density at radius 3 is 2.21 bits per heavy atom. The van der Waals surface area contributed by atoms with Gasteiger partial charge in [0, 0.05) is 45.8 Å². The maximum absolute atomic E-state index is 4.75. The fourth-order valence-corrected chi connectivity index (χ4v) is 5.64. The first kappa shape index (κ1) is 25.7. The molecule has 0 radical (unpaired) electrons. The van der Waals surface area contributed by atoms with Gasteiger partial charge < -0.3 is 0 Å². The Morgan fingerprint density at radius 2 is 1.64 bits per heavy atom. The maximum atomic E-state index is 4.75. The summed E-state index contributed by atoms with van der Waals surface area (Å²) in [6.45, 7) is 22.6. The summed E-state index contributed by atoms with van der Waals surface area (Å²) >= 11 is 1.86. The highest BCUT2D eigenvalue weighted by Crippen LogP contribution is 2.39. The van der Waals surface area contributed by atoms with Gasteiger partial charge in [0.25, 0.3) is 0 Å². The second-order valence-electron chi connectivity index (χ2n) is 11.8. The van der Waals surface area contributed by atoms with Crippen molar-refractivity contribution in [2.75, 3.05) is 0 Å². The van der Waals surface area contributed by atoms with Gasteiger partial charge >= 0.3 is 0 Å². The van der Waals surface area contributed by atoms with Crippen molar-refractivity contribution in [3.8, 4) is 0 Å². The molecule has 0 saturated carbocycles. The van der Waals surface area contributed by atoms with E-state index in [0.717, 1.165) is 18.5 Å². The molecular formula is C27H43N5S. The standard InChI is InChI=1S/C27H43N5S/c1-17(2)21-14-29-32(16-21)20(6)13-26(7,8)23-11-22(30-31-23)19(5)12-27(9,10)24-15-28-25(33-24)18(3)4/h11,14-20H,12-13H2,1-10H3,(H,30,31). The molecule has 3 aromatic rings. The number of nitrogens with zero attached hydrogens (tertiary/aromatic N) is 4. The van der Waals surface area contributed by atoms with Crippen LogP contribution in [0.4, 0.5) is 0 Å². The zero-order valence-corrected chi connectivity index (χ0v) is 23.0. The lowest BCUT2D eigenvalue weighted by molar-refractivity contribution is 0.347. The largest absolute Gasteiger partial charge is 0.282 e. The quantitative estimate of drug-likeness (QED) is 0.331. The molecule has 0 aliphatic heterocycles. The normalized spacial score (nSPS) is 14.9. The van der Waals surface area contributed by atoms with Crippen LogP contribution in [0.1, 0.15) is 133 Å². The highest BCUT2D eigenvalue weighted by Gasteiger charge is 2.30. The van der Waals surface area contributed by atoms with Crippen molar-refractivity contribution in [2.24, 2.45) is 0 Å². The second kappa shape index (κ2) is 9.73. The maximum Gasteiger partial charge on any atom is 0.0953 e. The number of aromatic amines is 1. The van der Waals surface area contributed by atoms with Crippen LogP contribution in [0.15, 0.2) is 24.7 Å². The molecule has 0 aliphatic rings. The van der Waals surface area contributed by atoms with Gasteiger partial charge in [-0.3, -0.25) is 9.78 Å². The van der Waals surface area contributed by atoms with Crippen LogP contribution < -0.4 is 0 Å². The van der Waals surface area contributed by atoms with Crippen LogP contribution >= 0.6 is 11.3 Å². The zero-order valence-electron chi connectivity index (χ0n) is 22.2. The lowest BCUT2D eigenvalue weighted by Gasteiger charge is -2.27. The Morgan fingerprint density at radius 1 is 0.939 bits per heavy atom. The molecule has 3 aromatic heterocycles. The van der Waals surface area contributed by atoms with E-state index in [1.165, 1.54) is 21.1 Å². The molecule has 0 aromatic carbocycles. The van der Waals surface area contributed by atoms with Gasteiger partial charge in [-0.25, -0.2) is 4.98 Å². The number of thiazole rings is 1. The van der Waals surface area contributed by atoms with Gasteiger partial charge in [0.1, 0.15) is 0 Å². The number of H-pyrrole nitrogens is 1. The molecule has 1 N–H and O–H groups in total. The Balaban J connectivity index is 1.68. The summed E-state index contributed by atoms with van der Waals surface area (Å²) in [6.07, 6.45) is 8.30. The molecule has 0 saturated heterocycles. The van der Waals surface area contributed by atoms with Gasteiger partial charge in [-0.15, -0.1) is 11.3 Å². The molecular weight excluding hydrogens is 426 g/mol. The summed E-state index contributed by atoms with van der Waals surface area (Å²) in [6, 6.07) is 2.59. The van der Waals surface area contributed by atoms with Gasteiger partial charge in [-0.1, -0.05) is 62.3 Å². The summed E-state index contributed by atoms with van der Waals surface area (Å²) < 4.78 is 2.11. The van der Waals surface area contributed by atoms with E-state index in [1.54, 1.807) is 0 Å². The molecule has 6 heteroatoms. The Labute approximate surface area is 204 Å². The summed E-state index contributed by atoms with van der Waals surface area (Å²) in [5.41, 5.74) is 3.67. The third kappa shape index (κ3) is 5.95. The second-order valence-corrected chi connectivity index (χ2v) is 12.8. The van der Waals surface area contributed by atoms with Crippen molar-refractivity contribution < 1.29 is 0 Å². The summed E-state index contributed by atoms with van der Waals surface area (Å²) in [4.78, 5) is 6.02. The first-order chi connectivity index (χ1) is 15.3. The van der Waals surface area contributed by atoms with Crippen LogP contribution in [-0.4, -0.2) is 25.0 Å². The van der Waals surface area contributed by atoms with Crippen molar-refractivity contribution in [1.29, 1.82) is 0 Å². The number of rotatable bonds is 10. The monoisotopic (exact) mass is 469 g/mol. The predicted molar refractivity (Wildman–Crippen MR) is 140 cm³/mol. The number of aromatic nitrogens is 5. The number of nitrogens with one attached hydrogen (secondary N) is 1. The van der Waals surface area contributed by atoms with Gasteiger partial charge in [0.05, 0.1) is 16.9 Å². The predicted octanol–water partition coefficient (Wildman–Crippen LogP) is 7.71. The Bertz CT molecular complexity index is 1040. The number of hydrogen-bond donors (Lipinski definition) is 1. The molecule has 2 atom stereocenters. The van der Waals surface area contributed by atoms with E-state index < -0.39 is 0 Å². The van der Waals surface area contributed by atoms with Gasteiger partial charge in [0.15, 0.2) is 0 Å². The molecule has 0 fully saturated rings. The molecule has 0 amide bonds. The summed E-state index contributed by atoms with van der Waals surface area (Å²) in [5, 5.41) is 14.0. The van der Waals surface area contributed by atoms with Gasteiger partial charge in [-0.2, -0.15) is 10.2 Å². The highest BCUT2D eigenvalue weighted by molar-refractivity contribution is 7.11. The van der Waals surface area contributed by atoms with Crippen molar-refractivity contribution in [1.82, 2.24) is 25.0 Å². The molecule has 182 valence electrons. The van der Waals surface area contributed by atoms with Crippen LogP contribution in [0.25, 0.3) is 0 Å². The van der Waals surface area contributed by atoms with E-state index in [-0.39, 0.29) is 10.8 Å². The van der Waals surface area contributed by atoms with E-state index in [9.17, 15) is 0 Å². The van der Waals surface area contributed by atoms with Crippen molar-refractivity contribution in [2.45, 2.75) is 117 Å². The Kier molecular flexibility index (Phi) is 7.57. The average molecular weight is 470 g/mol. The first-order valence-electron chi connectivity index (χ1n) is 12.4. The molecule has 5 nitrogen and oxygen atoms in total. The van der Waals surface area contributed by atoms with Crippen molar-refractivity contribution >= 4 is 11.3 Å². The van der Waals surface area contributed by atoms with E-state index in [0.29, 0.717) is 23.8 Å². The van der Waals surface area contributed by atoms with Crippen LogP contribution in [0.3, 0.4) is 0 Å². The van der Waals surface area contributed by atoms with Gasteiger partial charge in [0.2, 0.25) is 0 Å².